The topological polar surface area (TPSA) is 86.8 Å². The summed E-state index contributed by atoms with van der Waals surface area (Å²) < 4.78 is 27.0. The first-order chi connectivity index (χ1) is 13.8. The maximum absolute atomic E-state index is 12.9. The molecule has 7 nitrogen and oxygen atoms in total. The number of nitrogens with one attached hydrogen (secondary N) is 1. The molecular weight excluding hydrogens is 414 g/mol. The Hall–Kier alpha value is -1.64. The van der Waals surface area contributed by atoms with Crippen LogP contribution in [0.25, 0.3) is 0 Å². The van der Waals surface area contributed by atoms with Gasteiger partial charge in [0.05, 0.1) is 11.4 Å². The largest absolute Gasteiger partial charge is 0.355 e. The van der Waals surface area contributed by atoms with Gasteiger partial charge in [-0.3, -0.25) is 9.59 Å². The maximum Gasteiger partial charge on any atom is 0.243 e. The van der Waals surface area contributed by atoms with E-state index in [4.69, 9.17) is 11.6 Å². The van der Waals surface area contributed by atoms with Crippen LogP contribution in [0.4, 0.5) is 0 Å². The van der Waals surface area contributed by atoms with Crippen LogP contribution in [0.5, 0.6) is 0 Å². The lowest BCUT2D eigenvalue weighted by Gasteiger charge is -2.33. The van der Waals surface area contributed by atoms with Crippen LogP contribution in [0.1, 0.15) is 39.5 Å². The van der Waals surface area contributed by atoms with Gasteiger partial charge >= 0.3 is 0 Å². The van der Waals surface area contributed by atoms with Crippen molar-refractivity contribution in [2.45, 2.75) is 44.4 Å². The molecule has 2 rings (SSSR count). The summed E-state index contributed by atoms with van der Waals surface area (Å²) in [7, 11) is -3.60. The number of carbonyl (C=O) groups excluding carboxylic acids is 2. The van der Waals surface area contributed by atoms with Crippen molar-refractivity contribution in [1.82, 2.24) is 14.5 Å². The Balaban J connectivity index is 1.98. The molecule has 0 aliphatic carbocycles. The van der Waals surface area contributed by atoms with E-state index < -0.39 is 10.0 Å². The highest BCUT2D eigenvalue weighted by molar-refractivity contribution is 7.89. The van der Waals surface area contributed by atoms with Crippen LogP contribution in [-0.4, -0.2) is 62.2 Å². The van der Waals surface area contributed by atoms with E-state index in [1.54, 1.807) is 17.0 Å². The Bertz CT molecular complexity index is 790. The minimum Gasteiger partial charge on any atom is -0.355 e. The van der Waals surface area contributed by atoms with Gasteiger partial charge in [-0.25, -0.2) is 8.42 Å². The highest BCUT2D eigenvalue weighted by atomic mass is 35.5. The van der Waals surface area contributed by atoms with Crippen LogP contribution in [0.3, 0.4) is 0 Å². The van der Waals surface area contributed by atoms with Gasteiger partial charge in [-0.15, -0.1) is 0 Å². The summed E-state index contributed by atoms with van der Waals surface area (Å²) in [6.07, 6.45) is 2.50. The molecule has 1 aromatic carbocycles. The molecule has 29 heavy (non-hydrogen) atoms. The van der Waals surface area contributed by atoms with Crippen LogP contribution in [0.2, 0.25) is 5.02 Å². The summed E-state index contributed by atoms with van der Waals surface area (Å²) in [6, 6.07) is 6.09. The smallest absolute Gasteiger partial charge is 0.243 e. The van der Waals surface area contributed by atoms with E-state index in [2.05, 4.69) is 5.32 Å². The second kappa shape index (κ2) is 10.9. The molecule has 2 amide bonds. The van der Waals surface area contributed by atoms with E-state index in [-0.39, 0.29) is 42.3 Å². The summed E-state index contributed by atoms with van der Waals surface area (Å²) in [5.41, 5.74) is 0. The zero-order valence-electron chi connectivity index (χ0n) is 17.1. The molecule has 9 heteroatoms. The zero-order valence-corrected chi connectivity index (χ0v) is 18.6. The van der Waals surface area contributed by atoms with Gasteiger partial charge in [-0.2, -0.15) is 4.31 Å². The molecule has 0 aromatic heterocycles. The van der Waals surface area contributed by atoms with Crippen LogP contribution < -0.4 is 5.32 Å². The number of carbonyl (C=O) groups is 2. The van der Waals surface area contributed by atoms with Gasteiger partial charge < -0.3 is 10.2 Å². The minimum absolute atomic E-state index is 0.0515. The fourth-order valence-electron chi connectivity index (χ4n) is 3.39. The lowest BCUT2D eigenvalue weighted by atomic mass is 9.96. The van der Waals surface area contributed by atoms with Crippen molar-refractivity contribution in [3.05, 3.63) is 29.3 Å². The normalized spacial score (nSPS) is 15.8. The van der Waals surface area contributed by atoms with E-state index in [1.165, 1.54) is 16.4 Å². The lowest BCUT2D eigenvalue weighted by molar-refractivity contribution is -0.140. The molecule has 162 valence electrons. The van der Waals surface area contributed by atoms with Crippen LogP contribution in [-0.2, 0) is 19.6 Å². The van der Waals surface area contributed by atoms with E-state index in [0.29, 0.717) is 31.0 Å². The first-order valence-electron chi connectivity index (χ1n) is 10.1. The number of benzene rings is 1. The highest BCUT2D eigenvalue weighted by Crippen LogP contribution is 2.26. The fourth-order valence-corrected chi connectivity index (χ4v) is 4.98. The van der Waals surface area contributed by atoms with Crippen molar-refractivity contribution in [2.75, 3.05) is 32.7 Å². The van der Waals surface area contributed by atoms with Crippen molar-refractivity contribution in [3.8, 4) is 0 Å². The number of sulfonamides is 1. The number of hydrogen-bond acceptors (Lipinski definition) is 4. The quantitative estimate of drug-likeness (QED) is 0.635. The SMILES string of the molecule is CCCNC(=O)CN(CCC)C(=O)C1CCN(S(=O)(=O)c2ccc(Cl)cc2)CC1. The Labute approximate surface area is 178 Å². The molecule has 1 aromatic rings. The summed E-state index contributed by atoms with van der Waals surface area (Å²) in [6.45, 7) is 5.66. The Morgan fingerprint density at radius 3 is 2.31 bits per heavy atom. The number of piperidine rings is 1. The molecule has 1 N–H and O–H groups in total. The average molecular weight is 444 g/mol. The molecular formula is C20H30ClN3O4S. The Morgan fingerprint density at radius 1 is 1.14 bits per heavy atom. The van der Waals surface area contributed by atoms with E-state index in [9.17, 15) is 18.0 Å². The molecule has 0 radical (unpaired) electrons. The molecule has 1 aliphatic rings. The molecule has 1 saturated heterocycles. The van der Waals surface area contributed by atoms with Crippen molar-refractivity contribution >= 4 is 33.4 Å². The second-order valence-electron chi connectivity index (χ2n) is 7.24. The van der Waals surface area contributed by atoms with E-state index in [1.807, 2.05) is 13.8 Å². The molecule has 0 bridgehead atoms. The van der Waals surface area contributed by atoms with Gasteiger partial charge in [-0.1, -0.05) is 25.4 Å². The van der Waals surface area contributed by atoms with Gasteiger partial charge in [0.25, 0.3) is 0 Å². The predicted molar refractivity (Wildman–Crippen MR) is 113 cm³/mol. The number of rotatable bonds is 9. The monoisotopic (exact) mass is 443 g/mol. The summed E-state index contributed by atoms with van der Waals surface area (Å²) in [4.78, 5) is 26.8. The standard InChI is InChI=1S/C20H30ClN3O4S/c1-3-11-22-19(25)15-23(12-4-2)20(26)16-9-13-24(14-10-16)29(27,28)18-7-5-17(21)6-8-18/h5-8,16H,3-4,9-15H2,1-2H3,(H,22,25). The number of halogens is 1. The molecule has 0 spiro atoms. The Morgan fingerprint density at radius 2 is 1.76 bits per heavy atom. The van der Waals surface area contributed by atoms with Crippen molar-refractivity contribution in [3.63, 3.8) is 0 Å². The number of nitrogens with zero attached hydrogens (tertiary/aromatic N) is 2. The molecule has 1 aliphatic heterocycles. The van der Waals surface area contributed by atoms with Crippen LogP contribution >= 0.6 is 11.6 Å². The fraction of sp³-hybridized carbons (Fsp3) is 0.600. The average Bonchev–Trinajstić information content (AvgIpc) is 2.72. The van der Waals surface area contributed by atoms with Gasteiger partial charge in [-0.05, 0) is 49.9 Å². The zero-order chi connectivity index (χ0) is 21.4. The van der Waals surface area contributed by atoms with Crippen LogP contribution in [0, 0.1) is 5.92 Å². The first kappa shape index (κ1) is 23.6. The van der Waals surface area contributed by atoms with E-state index in [0.717, 1.165) is 12.8 Å². The molecule has 1 fully saturated rings. The van der Waals surface area contributed by atoms with Gasteiger partial charge in [0.1, 0.15) is 0 Å². The number of hydrogen-bond donors (Lipinski definition) is 1. The maximum atomic E-state index is 12.9. The van der Waals surface area contributed by atoms with Crippen molar-refractivity contribution in [2.24, 2.45) is 5.92 Å². The summed E-state index contributed by atoms with van der Waals surface area (Å²) in [5, 5.41) is 3.28. The molecule has 0 atom stereocenters. The Kier molecular flexibility index (Phi) is 8.92. The molecule has 0 unspecified atom stereocenters. The first-order valence-corrected chi connectivity index (χ1v) is 11.9. The third kappa shape index (κ3) is 6.42. The van der Waals surface area contributed by atoms with Crippen molar-refractivity contribution in [1.29, 1.82) is 0 Å². The third-order valence-electron chi connectivity index (χ3n) is 4.97. The highest BCUT2D eigenvalue weighted by Gasteiger charge is 2.34. The van der Waals surface area contributed by atoms with E-state index >= 15 is 0 Å². The van der Waals surface area contributed by atoms with Crippen LogP contribution in [0.15, 0.2) is 29.2 Å². The molecule has 1 heterocycles. The predicted octanol–water partition coefficient (Wildman–Crippen LogP) is 2.51. The van der Waals surface area contributed by atoms with Crippen molar-refractivity contribution < 1.29 is 18.0 Å². The third-order valence-corrected chi connectivity index (χ3v) is 7.13. The molecule has 0 saturated carbocycles. The van der Waals surface area contributed by atoms with Gasteiger partial charge in [0.2, 0.25) is 21.8 Å². The minimum atomic E-state index is -3.60. The number of amides is 2. The summed E-state index contributed by atoms with van der Waals surface area (Å²) >= 11 is 5.84. The van der Waals surface area contributed by atoms with Gasteiger partial charge in [0.15, 0.2) is 0 Å². The lowest BCUT2D eigenvalue weighted by Crippen LogP contribution is -2.47. The summed E-state index contributed by atoms with van der Waals surface area (Å²) in [5.74, 6) is -0.490. The second-order valence-corrected chi connectivity index (χ2v) is 9.62. The van der Waals surface area contributed by atoms with Gasteiger partial charge in [0, 0.05) is 37.1 Å².